The molecule has 1 aromatic carbocycles. The predicted octanol–water partition coefficient (Wildman–Crippen LogP) is 0.0812. The van der Waals surface area contributed by atoms with E-state index >= 15 is 0 Å². The van der Waals surface area contributed by atoms with Gasteiger partial charge in [0.25, 0.3) is 0 Å². The molecule has 0 bridgehead atoms. The molecule has 2 rings (SSSR count). The van der Waals surface area contributed by atoms with Crippen LogP contribution >= 0.6 is 0 Å². The van der Waals surface area contributed by atoms with Gasteiger partial charge in [0.05, 0.1) is 4.90 Å². The molecular formula is C14H21BN2O5S. The first-order valence-electron chi connectivity index (χ1n) is 7.44. The maximum absolute atomic E-state index is 12.4. The quantitative estimate of drug-likeness (QED) is 0.563. The van der Waals surface area contributed by atoms with Gasteiger partial charge >= 0.3 is 13.0 Å². The molecule has 1 aliphatic rings. The highest BCUT2D eigenvalue weighted by molar-refractivity contribution is 7.89. The summed E-state index contributed by atoms with van der Waals surface area (Å²) in [5.41, 5.74) is 0. The first-order valence-corrected chi connectivity index (χ1v) is 8.92. The molecule has 7 nitrogen and oxygen atoms in total. The number of rotatable bonds is 6. The average Bonchev–Trinajstić information content (AvgIpc) is 2.88. The van der Waals surface area contributed by atoms with Crippen molar-refractivity contribution in [3.8, 4) is 0 Å². The second-order valence-corrected chi connectivity index (χ2v) is 7.37. The summed E-state index contributed by atoms with van der Waals surface area (Å²) in [6, 6.07) is 7.56. The van der Waals surface area contributed by atoms with Gasteiger partial charge in [-0.2, -0.15) is 0 Å². The molecule has 0 radical (unpaired) electrons. The van der Waals surface area contributed by atoms with Crippen molar-refractivity contribution < 1.29 is 23.0 Å². The number of ether oxygens (including phenoxy) is 1. The van der Waals surface area contributed by atoms with Crippen LogP contribution in [-0.4, -0.2) is 56.5 Å². The van der Waals surface area contributed by atoms with Gasteiger partial charge in [0.15, 0.2) is 0 Å². The number of nitrogens with one attached hydrogen (secondary N) is 1. The van der Waals surface area contributed by atoms with Crippen LogP contribution in [0.15, 0.2) is 35.2 Å². The standard InChI is InChI=1S/C14H21BN2O5S/c1-11(18)22-10-13-8-12(9-17(13)15(2)19)16-23(20,21)14-6-4-3-5-7-14/h3-7,12-13,16,19H,8-10H2,1-2H3/t12-,13-/m1/s1. The summed E-state index contributed by atoms with van der Waals surface area (Å²) in [7, 11) is -4.36. The minimum absolute atomic E-state index is 0.129. The van der Waals surface area contributed by atoms with E-state index in [2.05, 4.69) is 4.72 Å². The number of esters is 1. The fraction of sp³-hybridized carbons (Fsp3) is 0.500. The number of nitrogens with zero attached hydrogens (tertiary/aromatic N) is 1. The van der Waals surface area contributed by atoms with Gasteiger partial charge < -0.3 is 14.6 Å². The molecule has 2 atom stereocenters. The van der Waals surface area contributed by atoms with Crippen LogP contribution in [-0.2, 0) is 19.6 Å². The molecule has 0 aromatic heterocycles. The third-order valence-electron chi connectivity index (χ3n) is 3.79. The topological polar surface area (TPSA) is 95.9 Å². The first kappa shape index (κ1) is 17.9. The monoisotopic (exact) mass is 340 g/mol. The van der Waals surface area contributed by atoms with Gasteiger partial charge in [0, 0.05) is 25.6 Å². The fourth-order valence-corrected chi connectivity index (χ4v) is 4.01. The Bertz CT molecular complexity index is 638. The minimum atomic E-state index is -3.61. The van der Waals surface area contributed by atoms with E-state index in [4.69, 9.17) is 4.74 Å². The lowest BCUT2D eigenvalue weighted by Crippen LogP contribution is -2.44. The van der Waals surface area contributed by atoms with Gasteiger partial charge in [-0.3, -0.25) is 4.79 Å². The van der Waals surface area contributed by atoms with Crippen LogP contribution in [0.2, 0.25) is 6.82 Å². The molecule has 0 unspecified atom stereocenters. The number of sulfonamides is 1. The lowest BCUT2D eigenvalue weighted by Gasteiger charge is -2.24. The Morgan fingerprint density at radius 1 is 1.43 bits per heavy atom. The first-order chi connectivity index (χ1) is 10.8. The van der Waals surface area contributed by atoms with Crippen molar-refractivity contribution in [2.45, 2.75) is 37.1 Å². The van der Waals surface area contributed by atoms with E-state index in [-0.39, 0.29) is 23.6 Å². The number of hydrogen-bond acceptors (Lipinski definition) is 6. The van der Waals surface area contributed by atoms with Crippen molar-refractivity contribution in [3.63, 3.8) is 0 Å². The van der Waals surface area contributed by atoms with Gasteiger partial charge in [0.2, 0.25) is 10.0 Å². The lowest BCUT2D eigenvalue weighted by molar-refractivity contribution is -0.142. The van der Waals surface area contributed by atoms with Crippen molar-refractivity contribution in [1.29, 1.82) is 0 Å². The SMILES string of the molecule is CB(O)N1C[C@H](NS(=O)(=O)c2ccccc2)C[C@@H]1COC(C)=O. The van der Waals surface area contributed by atoms with Crippen LogP contribution in [0.5, 0.6) is 0 Å². The molecule has 0 amide bonds. The van der Waals surface area contributed by atoms with Gasteiger partial charge in [-0.05, 0) is 25.4 Å². The Morgan fingerprint density at radius 3 is 2.65 bits per heavy atom. The summed E-state index contributed by atoms with van der Waals surface area (Å²) in [4.78, 5) is 12.9. The Kier molecular flexibility index (Phi) is 5.80. The van der Waals surface area contributed by atoms with E-state index in [0.717, 1.165) is 0 Å². The summed E-state index contributed by atoms with van der Waals surface area (Å²) < 4.78 is 32.4. The smallest absolute Gasteiger partial charge is 0.376 e. The van der Waals surface area contributed by atoms with Gasteiger partial charge in [-0.1, -0.05) is 18.2 Å². The summed E-state index contributed by atoms with van der Waals surface area (Å²) in [6.45, 7) is 3.41. The highest BCUT2D eigenvalue weighted by Crippen LogP contribution is 2.21. The lowest BCUT2D eigenvalue weighted by atomic mass is 9.84. The average molecular weight is 340 g/mol. The summed E-state index contributed by atoms with van der Waals surface area (Å²) in [6.07, 6.45) is 0.463. The van der Waals surface area contributed by atoms with Gasteiger partial charge in [-0.15, -0.1) is 0 Å². The Labute approximate surface area is 136 Å². The van der Waals surface area contributed by atoms with Gasteiger partial charge in [0.1, 0.15) is 6.61 Å². The van der Waals surface area contributed by atoms with Crippen molar-refractivity contribution in [2.75, 3.05) is 13.2 Å². The third kappa shape index (κ3) is 4.78. The molecule has 9 heteroatoms. The zero-order valence-electron chi connectivity index (χ0n) is 13.2. The molecule has 0 saturated carbocycles. The van der Waals surface area contributed by atoms with E-state index in [0.29, 0.717) is 13.0 Å². The summed E-state index contributed by atoms with van der Waals surface area (Å²) in [5, 5.41) is 9.83. The molecule has 1 aromatic rings. The Hall–Kier alpha value is -1.42. The maximum Gasteiger partial charge on any atom is 0.376 e. The van der Waals surface area contributed by atoms with E-state index < -0.39 is 23.0 Å². The number of hydrogen-bond donors (Lipinski definition) is 2. The largest absolute Gasteiger partial charge is 0.464 e. The van der Waals surface area contributed by atoms with E-state index in [1.807, 2.05) is 0 Å². The molecule has 126 valence electrons. The number of carbonyl (C=O) groups excluding carboxylic acids is 1. The minimum Gasteiger partial charge on any atom is -0.464 e. The molecule has 0 spiro atoms. The fourth-order valence-electron chi connectivity index (χ4n) is 2.75. The van der Waals surface area contributed by atoms with E-state index in [9.17, 15) is 18.2 Å². The van der Waals surface area contributed by atoms with Crippen molar-refractivity contribution in [2.24, 2.45) is 0 Å². The second kappa shape index (κ2) is 7.44. The molecule has 1 saturated heterocycles. The summed E-state index contributed by atoms with van der Waals surface area (Å²) >= 11 is 0. The van der Waals surface area contributed by atoms with E-state index in [1.54, 1.807) is 29.8 Å². The van der Waals surface area contributed by atoms with Crippen LogP contribution in [0, 0.1) is 0 Å². The molecule has 1 heterocycles. The molecule has 1 fully saturated rings. The third-order valence-corrected chi connectivity index (χ3v) is 5.33. The Balaban J connectivity index is 2.05. The van der Waals surface area contributed by atoms with Crippen LogP contribution in [0.25, 0.3) is 0 Å². The highest BCUT2D eigenvalue weighted by Gasteiger charge is 2.38. The van der Waals surface area contributed by atoms with Crippen molar-refractivity contribution >= 4 is 23.0 Å². The maximum atomic E-state index is 12.4. The molecule has 0 aliphatic carbocycles. The Morgan fingerprint density at radius 2 is 2.09 bits per heavy atom. The predicted molar refractivity (Wildman–Crippen MR) is 86.1 cm³/mol. The zero-order chi connectivity index (χ0) is 17.0. The zero-order valence-corrected chi connectivity index (χ0v) is 14.0. The van der Waals surface area contributed by atoms with Crippen LogP contribution < -0.4 is 4.72 Å². The van der Waals surface area contributed by atoms with Gasteiger partial charge in [-0.25, -0.2) is 13.1 Å². The summed E-state index contributed by atoms with van der Waals surface area (Å²) in [5.74, 6) is -0.399. The van der Waals surface area contributed by atoms with Crippen molar-refractivity contribution in [1.82, 2.24) is 9.53 Å². The van der Waals surface area contributed by atoms with Crippen LogP contribution in [0.1, 0.15) is 13.3 Å². The molecular weight excluding hydrogens is 319 g/mol. The van der Waals surface area contributed by atoms with E-state index in [1.165, 1.54) is 19.1 Å². The van der Waals surface area contributed by atoms with Crippen molar-refractivity contribution in [3.05, 3.63) is 30.3 Å². The number of benzene rings is 1. The molecule has 1 aliphatic heterocycles. The normalized spacial score (nSPS) is 22.0. The van der Waals surface area contributed by atoms with Crippen LogP contribution in [0.3, 0.4) is 0 Å². The second-order valence-electron chi connectivity index (χ2n) is 5.65. The number of carbonyl (C=O) groups is 1. The van der Waals surface area contributed by atoms with Crippen LogP contribution in [0.4, 0.5) is 0 Å². The highest BCUT2D eigenvalue weighted by atomic mass is 32.2. The molecule has 23 heavy (non-hydrogen) atoms. The molecule has 2 N–H and O–H groups in total.